The van der Waals surface area contributed by atoms with Crippen molar-refractivity contribution >= 4 is 11.8 Å². The van der Waals surface area contributed by atoms with Crippen LogP contribution in [0, 0.1) is 5.92 Å². The highest BCUT2D eigenvalue weighted by Gasteiger charge is 2.41. The second-order valence-electron chi connectivity index (χ2n) is 4.61. The van der Waals surface area contributed by atoms with Gasteiger partial charge in [0.25, 0.3) is 0 Å². The van der Waals surface area contributed by atoms with E-state index in [4.69, 9.17) is 0 Å². The van der Waals surface area contributed by atoms with Gasteiger partial charge in [-0.25, -0.2) is 0 Å². The molecule has 0 aromatic rings. The number of hydrogen-bond acceptors (Lipinski definition) is 2. The molecule has 1 saturated carbocycles. The quantitative estimate of drug-likeness (QED) is 0.825. The molecule has 0 aromatic heterocycles. The Morgan fingerprint density at radius 2 is 1.81 bits per heavy atom. The molecule has 0 amide bonds. The number of thioether (sulfide) groups is 1. The molecule has 16 heavy (non-hydrogen) atoms. The van der Waals surface area contributed by atoms with E-state index in [2.05, 4.69) is 12.2 Å². The number of nitrogens with one attached hydrogen (secondary N) is 1. The van der Waals surface area contributed by atoms with Crippen molar-refractivity contribution in [2.75, 3.05) is 12.0 Å². The van der Waals surface area contributed by atoms with Crippen LogP contribution in [0.4, 0.5) is 13.2 Å². The standard InChI is InChI=1S/C11H20F3NS/c1-8(7-16-2)15-10-5-3-9(4-6-10)11(12,13)14/h8-10,15H,3-7H2,1-2H3. The highest BCUT2D eigenvalue weighted by molar-refractivity contribution is 7.98. The molecule has 96 valence electrons. The van der Waals surface area contributed by atoms with Crippen LogP contribution in [0.1, 0.15) is 32.6 Å². The van der Waals surface area contributed by atoms with Crippen molar-refractivity contribution in [3.63, 3.8) is 0 Å². The Morgan fingerprint density at radius 1 is 1.25 bits per heavy atom. The summed E-state index contributed by atoms with van der Waals surface area (Å²) in [6.45, 7) is 2.09. The number of alkyl halides is 3. The van der Waals surface area contributed by atoms with Crippen LogP contribution in [-0.2, 0) is 0 Å². The minimum atomic E-state index is -3.99. The summed E-state index contributed by atoms with van der Waals surface area (Å²) in [4.78, 5) is 0. The SMILES string of the molecule is CSCC(C)NC1CCC(C(F)(F)F)CC1. The topological polar surface area (TPSA) is 12.0 Å². The molecule has 1 fully saturated rings. The molecule has 1 N–H and O–H groups in total. The first-order chi connectivity index (χ1) is 7.43. The van der Waals surface area contributed by atoms with Crippen molar-refractivity contribution < 1.29 is 13.2 Å². The van der Waals surface area contributed by atoms with Crippen molar-refractivity contribution in [2.45, 2.75) is 50.9 Å². The molecule has 0 aliphatic heterocycles. The summed E-state index contributed by atoms with van der Waals surface area (Å²) in [5.41, 5.74) is 0. The third-order valence-electron chi connectivity index (χ3n) is 3.13. The van der Waals surface area contributed by atoms with E-state index in [1.807, 2.05) is 6.26 Å². The van der Waals surface area contributed by atoms with Crippen LogP contribution in [0.2, 0.25) is 0 Å². The van der Waals surface area contributed by atoms with Gasteiger partial charge in [0.15, 0.2) is 0 Å². The fraction of sp³-hybridized carbons (Fsp3) is 1.00. The zero-order valence-electron chi connectivity index (χ0n) is 9.81. The minimum absolute atomic E-state index is 0.278. The van der Waals surface area contributed by atoms with Gasteiger partial charge in [-0.2, -0.15) is 24.9 Å². The molecule has 1 rings (SSSR count). The highest BCUT2D eigenvalue weighted by atomic mass is 32.2. The second-order valence-corrected chi connectivity index (χ2v) is 5.52. The molecule has 0 saturated heterocycles. The molecule has 1 aliphatic rings. The first-order valence-corrected chi connectivity index (χ1v) is 7.14. The highest BCUT2D eigenvalue weighted by Crippen LogP contribution is 2.37. The van der Waals surface area contributed by atoms with Gasteiger partial charge in [-0.15, -0.1) is 0 Å². The van der Waals surface area contributed by atoms with Crippen molar-refractivity contribution in [3.05, 3.63) is 0 Å². The zero-order valence-corrected chi connectivity index (χ0v) is 10.6. The van der Waals surface area contributed by atoms with Gasteiger partial charge in [0.2, 0.25) is 0 Å². The van der Waals surface area contributed by atoms with Crippen LogP contribution in [-0.4, -0.2) is 30.3 Å². The van der Waals surface area contributed by atoms with E-state index in [1.54, 1.807) is 11.8 Å². The zero-order chi connectivity index (χ0) is 12.2. The van der Waals surface area contributed by atoms with E-state index in [9.17, 15) is 13.2 Å². The first-order valence-electron chi connectivity index (χ1n) is 5.75. The Labute approximate surface area is 99.6 Å². The molecular formula is C11H20F3NS. The van der Waals surface area contributed by atoms with Gasteiger partial charge < -0.3 is 5.32 Å². The third-order valence-corrected chi connectivity index (χ3v) is 3.96. The maximum Gasteiger partial charge on any atom is 0.391 e. The van der Waals surface area contributed by atoms with Gasteiger partial charge in [0.05, 0.1) is 5.92 Å². The lowest BCUT2D eigenvalue weighted by Gasteiger charge is -2.32. The molecular weight excluding hydrogens is 235 g/mol. The van der Waals surface area contributed by atoms with Gasteiger partial charge in [0.1, 0.15) is 0 Å². The van der Waals surface area contributed by atoms with Gasteiger partial charge in [0, 0.05) is 17.8 Å². The van der Waals surface area contributed by atoms with Crippen LogP contribution in [0.3, 0.4) is 0 Å². The predicted molar refractivity (Wildman–Crippen MR) is 62.8 cm³/mol. The normalized spacial score (nSPS) is 29.1. The number of rotatable bonds is 4. The molecule has 0 radical (unpaired) electrons. The average molecular weight is 255 g/mol. The fourth-order valence-corrected chi connectivity index (χ4v) is 2.88. The first kappa shape index (κ1) is 14.2. The van der Waals surface area contributed by atoms with E-state index in [0.717, 1.165) is 5.75 Å². The molecule has 5 heteroatoms. The van der Waals surface area contributed by atoms with Gasteiger partial charge in [-0.1, -0.05) is 0 Å². The van der Waals surface area contributed by atoms with Crippen LogP contribution in [0.15, 0.2) is 0 Å². The van der Waals surface area contributed by atoms with Crippen molar-refractivity contribution in [1.29, 1.82) is 0 Å². The largest absolute Gasteiger partial charge is 0.391 e. The lowest BCUT2D eigenvalue weighted by atomic mass is 9.85. The molecule has 0 aromatic carbocycles. The summed E-state index contributed by atoms with van der Waals surface area (Å²) >= 11 is 1.76. The van der Waals surface area contributed by atoms with E-state index in [-0.39, 0.29) is 18.9 Å². The lowest BCUT2D eigenvalue weighted by Crippen LogP contribution is -2.42. The average Bonchev–Trinajstić information content (AvgIpc) is 2.17. The Hall–Kier alpha value is 0.100. The lowest BCUT2D eigenvalue weighted by molar-refractivity contribution is -0.182. The molecule has 1 atom stereocenters. The molecule has 0 heterocycles. The van der Waals surface area contributed by atoms with E-state index < -0.39 is 12.1 Å². The van der Waals surface area contributed by atoms with Gasteiger partial charge in [-0.3, -0.25) is 0 Å². The molecule has 1 aliphatic carbocycles. The van der Waals surface area contributed by atoms with Crippen molar-refractivity contribution in [3.8, 4) is 0 Å². The van der Waals surface area contributed by atoms with E-state index in [1.165, 1.54) is 0 Å². The van der Waals surface area contributed by atoms with Crippen molar-refractivity contribution in [1.82, 2.24) is 5.32 Å². The summed E-state index contributed by atoms with van der Waals surface area (Å²) < 4.78 is 37.3. The number of hydrogen-bond donors (Lipinski definition) is 1. The Balaban J connectivity index is 2.27. The maximum absolute atomic E-state index is 12.4. The Kier molecular flexibility index (Phi) is 5.44. The Morgan fingerprint density at radius 3 is 2.25 bits per heavy atom. The monoisotopic (exact) mass is 255 g/mol. The van der Waals surface area contributed by atoms with Crippen LogP contribution < -0.4 is 5.32 Å². The summed E-state index contributed by atoms with van der Waals surface area (Å²) in [6.07, 6.45) is -0.0688. The van der Waals surface area contributed by atoms with Gasteiger partial charge in [-0.05, 0) is 38.9 Å². The predicted octanol–water partition coefficient (Wildman–Crippen LogP) is 3.45. The van der Waals surface area contributed by atoms with Crippen LogP contribution >= 0.6 is 11.8 Å². The minimum Gasteiger partial charge on any atom is -0.311 e. The summed E-state index contributed by atoms with van der Waals surface area (Å²) in [6, 6.07) is 0.670. The van der Waals surface area contributed by atoms with Crippen molar-refractivity contribution in [2.24, 2.45) is 5.92 Å². The van der Waals surface area contributed by atoms with Gasteiger partial charge >= 0.3 is 6.18 Å². The maximum atomic E-state index is 12.4. The van der Waals surface area contributed by atoms with E-state index in [0.29, 0.717) is 18.9 Å². The van der Waals surface area contributed by atoms with Crippen LogP contribution in [0.25, 0.3) is 0 Å². The molecule has 0 bridgehead atoms. The number of halogens is 3. The summed E-state index contributed by atoms with van der Waals surface area (Å²) in [5, 5.41) is 3.40. The summed E-state index contributed by atoms with van der Waals surface area (Å²) in [7, 11) is 0. The van der Waals surface area contributed by atoms with Crippen LogP contribution in [0.5, 0.6) is 0 Å². The second kappa shape index (κ2) is 6.15. The molecule has 1 unspecified atom stereocenters. The smallest absolute Gasteiger partial charge is 0.311 e. The third kappa shape index (κ3) is 4.53. The molecule has 1 nitrogen and oxygen atoms in total. The fourth-order valence-electron chi connectivity index (χ4n) is 2.29. The summed E-state index contributed by atoms with van der Waals surface area (Å²) in [5.74, 6) is -0.0550. The molecule has 0 spiro atoms. The Bertz CT molecular complexity index is 200. The van der Waals surface area contributed by atoms with E-state index >= 15 is 0 Å².